The summed E-state index contributed by atoms with van der Waals surface area (Å²) in [5, 5.41) is 0. The van der Waals surface area contributed by atoms with Crippen molar-refractivity contribution in [2.45, 2.75) is 13.0 Å². The zero-order chi connectivity index (χ0) is 15.0. The minimum Gasteiger partial charge on any atom is -0.371 e. The van der Waals surface area contributed by atoms with Crippen LogP contribution in [-0.2, 0) is 0 Å². The first-order chi connectivity index (χ1) is 10.1. The Morgan fingerprint density at radius 2 is 1.81 bits per heavy atom. The van der Waals surface area contributed by atoms with Crippen LogP contribution in [-0.4, -0.2) is 20.1 Å². The zero-order valence-corrected chi connectivity index (χ0v) is 14.0. The molecule has 4 heteroatoms. The Bertz CT molecular complexity index is 654. The lowest BCUT2D eigenvalue weighted by atomic mass is 10.1. The van der Waals surface area contributed by atoms with Gasteiger partial charge < -0.3 is 15.5 Å². The molecule has 0 spiro atoms. The second-order valence-corrected chi connectivity index (χ2v) is 6.41. The number of rotatable bonds is 2. The molecule has 2 aromatic carbocycles. The van der Waals surface area contributed by atoms with Crippen LogP contribution in [0.4, 0.5) is 17.1 Å². The van der Waals surface area contributed by atoms with Crippen LogP contribution in [0.15, 0.2) is 46.9 Å². The smallest absolute Gasteiger partial charge is 0.0649 e. The largest absolute Gasteiger partial charge is 0.371 e. The second kappa shape index (κ2) is 5.70. The van der Waals surface area contributed by atoms with Gasteiger partial charge in [-0.2, -0.15) is 0 Å². The number of hydrogen-bond donors (Lipinski definition) is 1. The topological polar surface area (TPSA) is 32.5 Å². The molecule has 110 valence electrons. The molecule has 3 rings (SSSR count). The Balaban J connectivity index is 2.02. The summed E-state index contributed by atoms with van der Waals surface area (Å²) in [7, 11) is 2.14. The minimum absolute atomic E-state index is 0.0354. The number of likely N-dealkylation sites (N-methyl/N-ethyl adjacent to an activating group) is 1. The van der Waals surface area contributed by atoms with Crippen molar-refractivity contribution < 1.29 is 0 Å². The summed E-state index contributed by atoms with van der Waals surface area (Å²) in [6.45, 7) is 4.01. The van der Waals surface area contributed by atoms with Crippen molar-refractivity contribution in [1.29, 1.82) is 0 Å². The van der Waals surface area contributed by atoms with E-state index in [1.165, 1.54) is 17.1 Å². The molecule has 2 aromatic rings. The molecule has 0 saturated heterocycles. The van der Waals surface area contributed by atoms with E-state index in [1.807, 2.05) is 6.92 Å². The lowest BCUT2D eigenvalue weighted by molar-refractivity contribution is 0.807. The quantitative estimate of drug-likeness (QED) is 0.890. The van der Waals surface area contributed by atoms with Gasteiger partial charge in [0.25, 0.3) is 0 Å². The fourth-order valence-corrected chi connectivity index (χ4v) is 3.56. The molecular weight excluding hydrogens is 326 g/mol. The van der Waals surface area contributed by atoms with Gasteiger partial charge in [-0.25, -0.2) is 0 Å². The van der Waals surface area contributed by atoms with Gasteiger partial charge in [-0.1, -0.05) is 34.1 Å². The third kappa shape index (κ3) is 2.65. The van der Waals surface area contributed by atoms with Gasteiger partial charge in [0.15, 0.2) is 0 Å². The first-order valence-corrected chi connectivity index (χ1v) is 8.00. The van der Waals surface area contributed by atoms with Gasteiger partial charge in [0.2, 0.25) is 0 Å². The van der Waals surface area contributed by atoms with E-state index in [4.69, 9.17) is 5.73 Å². The van der Waals surface area contributed by atoms with Gasteiger partial charge in [0.1, 0.15) is 0 Å². The Hall–Kier alpha value is -1.52. The molecule has 1 aliphatic rings. The van der Waals surface area contributed by atoms with Crippen LogP contribution in [0.1, 0.15) is 18.5 Å². The van der Waals surface area contributed by atoms with Gasteiger partial charge in [0.05, 0.1) is 11.4 Å². The number of fused-ring (bicyclic) bond motifs is 1. The molecule has 1 atom stereocenters. The summed E-state index contributed by atoms with van der Waals surface area (Å²) in [6.07, 6.45) is 0. The molecule has 0 radical (unpaired) electrons. The Labute approximate surface area is 134 Å². The second-order valence-electron chi connectivity index (χ2n) is 5.56. The predicted octanol–water partition coefficient (Wildman–Crippen LogP) is 4.06. The molecule has 2 N–H and O–H groups in total. The molecule has 0 amide bonds. The highest BCUT2D eigenvalue weighted by atomic mass is 79.9. The number of nitrogens with zero attached hydrogens (tertiary/aromatic N) is 2. The fourth-order valence-electron chi connectivity index (χ4n) is 2.83. The third-order valence-electron chi connectivity index (χ3n) is 4.03. The zero-order valence-electron chi connectivity index (χ0n) is 12.4. The van der Waals surface area contributed by atoms with Crippen LogP contribution in [0.3, 0.4) is 0 Å². The van der Waals surface area contributed by atoms with E-state index in [0.29, 0.717) is 0 Å². The number of para-hydroxylation sites is 2. The maximum absolute atomic E-state index is 5.99. The molecule has 0 aromatic heterocycles. The predicted molar refractivity (Wildman–Crippen MR) is 93.5 cm³/mol. The van der Waals surface area contributed by atoms with Crippen LogP contribution < -0.4 is 15.5 Å². The highest BCUT2D eigenvalue weighted by molar-refractivity contribution is 9.10. The average Bonchev–Trinajstić information content (AvgIpc) is 2.47. The highest BCUT2D eigenvalue weighted by Crippen LogP contribution is 2.38. The number of benzene rings is 2. The maximum Gasteiger partial charge on any atom is 0.0649 e. The Morgan fingerprint density at radius 3 is 2.48 bits per heavy atom. The summed E-state index contributed by atoms with van der Waals surface area (Å²) in [4.78, 5) is 4.67. The standard InChI is InChI=1S/C17H20BrN3/c1-12(19)14-8-7-13(11-15(14)18)21-10-9-20(2)16-5-3-4-6-17(16)21/h3-8,11-12H,9-10,19H2,1-2H3/t12-/m1/s1. The van der Waals surface area contributed by atoms with Gasteiger partial charge in [-0.3, -0.25) is 0 Å². The van der Waals surface area contributed by atoms with Gasteiger partial charge in [-0.05, 0) is 36.8 Å². The van der Waals surface area contributed by atoms with Crippen LogP contribution in [0.2, 0.25) is 0 Å². The molecule has 21 heavy (non-hydrogen) atoms. The van der Waals surface area contributed by atoms with E-state index >= 15 is 0 Å². The van der Waals surface area contributed by atoms with Crippen molar-refractivity contribution in [3.63, 3.8) is 0 Å². The third-order valence-corrected chi connectivity index (χ3v) is 4.72. The van der Waals surface area contributed by atoms with Gasteiger partial charge in [-0.15, -0.1) is 0 Å². The molecule has 1 heterocycles. The van der Waals surface area contributed by atoms with E-state index < -0.39 is 0 Å². The van der Waals surface area contributed by atoms with Crippen LogP contribution in [0, 0.1) is 0 Å². The SMILES string of the molecule is C[C@@H](N)c1ccc(N2CCN(C)c3ccccc32)cc1Br. The normalized spacial score (nSPS) is 15.8. The van der Waals surface area contributed by atoms with Crippen molar-refractivity contribution in [2.24, 2.45) is 5.73 Å². The maximum atomic E-state index is 5.99. The van der Waals surface area contributed by atoms with Crippen molar-refractivity contribution in [2.75, 3.05) is 29.9 Å². The molecule has 3 nitrogen and oxygen atoms in total. The summed E-state index contributed by atoms with van der Waals surface area (Å²) in [5.41, 5.74) is 10.9. The molecule has 0 fully saturated rings. The van der Waals surface area contributed by atoms with Gasteiger partial charge >= 0.3 is 0 Å². The molecule has 0 bridgehead atoms. The molecule has 0 saturated carbocycles. The number of hydrogen-bond acceptors (Lipinski definition) is 3. The molecule has 0 unspecified atom stereocenters. The van der Waals surface area contributed by atoms with Crippen molar-refractivity contribution >= 4 is 33.0 Å². The van der Waals surface area contributed by atoms with Crippen LogP contribution in [0.25, 0.3) is 0 Å². The number of halogens is 1. The fraction of sp³-hybridized carbons (Fsp3) is 0.294. The van der Waals surface area contributed by atoms with Gasteiger partial charge in [0, 0.05) is 36.3 Å². The van der Waals surface area contributed by atoms with E-state index in [9.17, 15) is 0 Å². The first kappa shape index (κ1) is 14.4. The van der Waals surface area contributed by atoms with E-state index in [2.05, 4.69) is 75.2 Å². The summed E-state index contributed by atoms with van der Waals surface area (Å²) < 4.78 is 1.08. The molecule has 0 aliphatic carbocycles. The highest BCUT2D eigenvalue weighted by Gasteiger charge is 2.21. The average molecular weight is 346 g/mol. The van der Waals surface area contributed by atoms with E-state index in [1.54, 1.807) is 0 Å². The van der Waals surface area contributed by atoms with E-state index in [0.717, 1.165) is 23.1 Å². The first-order valence-electron chi connectivity index (χ1n) is 7.20. The van der Waals surface area contributed by atoms with Crippen LogP contribution in [0.5, 0.6) is 0 Å². The van der Waals surface area contributed by atoms with Crippen molar-refractivity contribution in [3.05, 3.63) is 52.5 Å². The Kier molecular flexibility index (Phi) is 3.91. The molecule has 1 aliphatic heterocycles. The number of anilines is 3. The summed E-state index contributed by atoms with van der Waals surface area (Å²) in [6, 6.07) is 15.0. The molecular formula is C17H20BrN3. The van der Waals surface area contributed by atoms with Crippen molar-refractivity contribution in [3.8, 4) is 0 Å². The van der Waals surface area contributed by atoms with Crippen molar-refractivity contribution in [1.82, 2.24) is 0 Å². The lowest BCUT2D eigenvalue weighted by Crippen LogP contribution is -2.36. The Morgan fingerprint density at radius 1 is 1.10 bits per heavy atom. The lowest BCUT2D eigenvalue weighted by Gasteiger charge is -2.37. The monoisotopic (exact) mass is 345 g/mol. The minimum atomic E-state index is 0.0354. The summed E-state index contributed by atoms with van der Waals surface area (Å²) >= 11 is 3.65. The van der Waals surface area contributed by atoms with Crippen LogP contribution >= 0.6 is 15.9 Å². The number of nitrogens with two attached hydrogens (primary N) is 1. The summed E-state index contributed by atoms with van der Waals surface area (Å²) in [5.74, 6) is 0. The van der Waals surface area contributed by atoms with E-state index in [-0.39, 0.29) is 6.04 Å².